The first-order valence-corrected chi connectivity index (χ1v) is 10.3. The summed E-state index contributed by atoms with van der Waals surface area (Å²) in [5.74, 6) is 2.86. The minimum atomic E-state index is 0.474. The highest BCUT2D eigenvalue weighted by Crippen LogP contribution is 2.30. The minimum Gasteiger partial charge on any atom is -0.461 e. The van der Waals surface area contributed by atoms with E-state index in [1.165, 1.54) is 17.3 Å². The summed E-state index contributed by atoms with van der Waals surface area (Å²) in [7, 11) is 0. The Balaban J connectivity index is 1.41. The van der Waals surface area contributed by atoms with E-state index in [0.717, 1.165) is 11.3 Å². The van der Waals surface area contributed by atoms with Gasteiger partial charge in [-0.2, -0.15) is 4.98 Å². The molecular weight excluding hydrogens is 398 g/mol. The van der Waals surface area contributed by atoms with Crippen LogP contribution in [-0.4, -0.2) is 24.9 Å². The average Bonchev–Trinajstić information content (AvgIpc) is 3.53. The fraction of sp³-hybridized carbons (Fsp3) is 0.0909. The predicted octanol–water partition coefficient (Wildman–Crippen LogP) is 5.18. The van der Waals surface area contributed by atoms with Gasteiger partial charge in [0.25, 0.3) is 0 Å². The highest BCUT2D eigenvalue weighted by Gasteiger charge is 2.19. The number of nitrogens with zero attached hydrogens (tertiary/aromatic N) is 5. The molecule has 0 radical (unpaired) electrons. The number of para-hydroxylation sites is 1. The third kappa shape index (κ3) is 3.65. The molecule has 2 aromatic carbocycles. The van der Waals surface area contributed by atoms with Gasteiger partial charge in [0.15, 0.2) is 10.9 Å². The lowest BCUT2D eigenvalue weighted by molar-refractivity contribution is 0.391. The Bertz CT molecular complexity index is 1240. The van der Waals surface area contributed by atoms with Gasteiger partial charge < -0.3 is 8.94 Å². The Morgan fingerprint density at radius 3 is 2.53 bits per heavy atom. The van der Waals surface area contributed by atoms with E-state index < -0.39 is 0 Å². The maximum Gasteiger partial charge on any atom is 0.237 e. The van der Waals surface area contributed by atoms with Crippen molar-refractivity contribution >= 4 is 11.8 Å². The van der Waals surface area contributed by atoms with Gasteiger partial charge in [0.2, 0.25) is 17.5 Å². The van der Waals surface area contributed by atoms with Crippen LogP contribution in [0, 0.1) is 6.92 Å². The van der Waals surface area contributed by atoms with Gasteiger partial charge in [0.1, 0.15) is 0 Å². The molecule has 0 atom stereocenters. The average molecular weight is 415 g/mol. The summed E-state index contributed by atoms with van der Waals surface area (Å²) in [6, 6.07) is 21.6. The van der Waals surface area contributed by atoms with Crippen molar-refractivity contribution in [1.82, 2.24) is 24.9 Å². The van der Waals surface area contributed by atoms with Crippen molar-refractivity contribution < 1.29 is 8.94 Å². The molecule has 3 heterocycles. The van der Waals surface area contributed by atoms with Gasteiger partial charge in [-0.25, -0.2) is 0 Å². The van der Waals surface area contributed by atoms with E-state index in [-0.39, 0.29) is 0 Å². The van der Waals surface area contributed by atoms with Crippen molar-refractivity contribution in [2.45, 2.75) is 17.8 Å². The highest BCUT2D eigenvalue weighted by molar-refractivity contribution is 7.98. The molecule has 0 aliphatic rings. The maximum absolute atomic E-state index is 5.55. The van der Waals surface area contributed by atoms with Crippen LogP contribution in [0.4, 0.5) is 0 Å². The second-order valence-corrected chi connectivity index (χ2v) is 7.56. The van der Waals surface area contributed by atoms with Crippen LogP contribution in [0.3, 0.4) is 0 Å². The molecule has 3 aromatic heterocycles. The fourth-order valence-electron chi connectivity index (χ4n) is 3.00. The van der Waals surface area contributed by atoms with Crippen LogP contribution in [0.2, 0.25) is 0 Å². The van der Waals surface area contributed by atoms with E-state index in [2.05, 4.69) is 20.3 Å². The van der Waals surface area contributed by atoms with Crippen LogP contribution in [-0.2, 0) is 5.75 Å². The molecule has 0 saturated heterocycles. The molecule has 0 bridgehead atoms. The van der Waals surface area contributed by atoms with Crippen molar-refractivity contribution in [3.63, 3.8) is 0 Å². The van der Waals surface area contributed by atoms with Crippen molar-refractivity contribution in [2.24, 2.45) is 0 Å². The van der Waals surface area contributed by atoms with Crippen LogP contribution < -0.4 is 0 Å². The molecule has 0 aliphatic carbocycles. The number of hydrogen-bond acceptors (Lipinski definition) is 7. The van der Waals surface area contributed by atoms with Crippen molar-refractivity contribution in [3.8, 4) is 28.7 Å². The molecule has 0 spiro atoms. The van der Waals surface area contributed by atoms with E-state index in [4.69, 9.17) is 8.94 Å². The molecule has 148 valence electrons. The molecule has 0 aliphatic heterocycles. The molecule has 7 nitrogen and oxygen atoms in total. The van der Waals surface area contributed by atoms with E-state index in [1.807, 2.05) is 78.2 Å². The molecule has 0 N–H and O–H groups in total. The van der Waals surface area contributed by atoms with Crippen LogP contribution in [0.1, 0.15) is 11.5 Å². The van der Waals surface area contributed by atoms with Gasteiger partial charge in [0.05, 0.1) is 12.0 Å². The fourth-order valence-corrected chi connectivity index (χ4v) is 3.79. The van der Waals surface area contributed by atoms with Gasteiger partial charge >= 0.3 is 0 Å². The molecule has 30 heavy (non-hydrogen) atoms. The summed E-state index contributed by atoms with van der Waals surface area (Å²) in [6.45, 7) is 2.04. The maximum atomic E-state index is 5.55. The molecule has 0 fully saturated rings. The Morgan fingerprint density at radius 1 is 0.933 bits per heavy atom. The first-order valence-electron chi connectivity index (χ1n) is 9.35. The molecule has 5 aromatic rings. The van der Waals surface area contributed by atoms with E-state index >= 15 is 0 Å². The normalized spacial score (nSPS) is 11.1. The number of aryl methyl sites for hydroxylation is 1. The van der Waals surface area contributed by atoms with Crippen molar-refractivity contribution in [1.29, 1.82) is 0 Å². The highest BCUT2D eigenvalue weighted by atomic mass is 32.2. The number of aromatic nitrogens is 5. The Kier molecular flexibility index (Phi) is 4.90. The molecule has 0 unspecified atom stereocenters. The molecule has 5 rings (SSSR count). The number of benzene rings is 2. The Morgan fingerprint density at radius 2 is 1.77 bits per heavy atom. The smallest absolute Gasteiger partial charge is 0.237 e. The van der Waals surface area contributed by atoms with Crippen LogP contribution in [0.5, 0.6) is 0 Å². The van der Waals surface area contributed by atoms with Crippen LogP contribution in [0.15, 0.2) is 87.1 Å². The lowest BCUT2D eigenvalue weighted by Crippen LogP contribution is -1.99. The van der Waals surface area contributed by atoms with Crippen molar-refractivity contribution in [2.75, 3.05) is 0 Å². The monoisotopic (exact) mass is 415 g/mol. The SMILES string of the molecule is Cc1ccc(-c2noc(CSc3nnc(-c4ccco4)n3-c3ccccc3)n2)cc1. The summed E-state index contributed by atoms with van der Waals surface area (Å²) in [5, 5.41) is 13.5. The van der Waals surface area contributed by atoms with Gasteiger partial charge in [0, 0.05) is 11.3 Å². The van der Waals surface area contributed by atoms with Crippen molar-refractivity contribution in [3.05, 3.63) is 84.4 Å². The number of thioether (sulfide) groups is 1. The number of rotatable bonds is 6. The zero-order valence-corrected chi connectivity index (χ0v) is 16.9. The number of hydrogen-bond donors (Lipinski definition) is 0. The van der Waals surface area contributed by atoms with Crippen LogP contribution in [0.25, 0.3) is 28.7 Å². The zero-order valence-electron chi connectivity index (χ0n) is 16.1. The Labute approximate surface area is 176 Å². The molecule has 0 saturated carbocycles. The Hall–Kier alpha value is -3.65. The van der Waals surface area contributed by atoms with E-state index in [9.17, 15) is 0 Å². The third-order valence-corrected chi connectivity index (χ3v) is 5.41. The second kappa shape index (κ2) is 8.00. The first-order chi connectivity index (χ1) is 14.8. The minimum absolute atomic E-state index is 0.474. The lowest BCUT2D eigenvalue weighted by Gasteiger charge is -2.08. The molecular formula is C22H17N5O2S. The summed E-state index contributed by atoms with van der Waals surface area (Å²) < 4.78 is 12.9. The van der Waals surface area contributed by atoms with Gasteiger partial charge in [-0.1, -0.05) is 64.9 Å². The van der Waals surface area contributed by atoms with E-state index in [0.29, 0.717) is 34.2 Å². The largest absolute Gasteiger partial charge is 0.461 e. The van der Waals surface area contributed by atoms with Crippen LogP contribution >= 0.6 is 11.8 Å². The molecule has 0 amide bonds. The summed E-state index contributed by atoms with van der Waals surface area (Å²) >= 11 is 1.48. The van der Waals surface area contributed by atoms with Gasteiger partial charge in [-0.15, -0.1) is 10.2 Å². The summed E-state index contributed by atoms with van der Waals surface area (Å²) in [4.78, 5) is 4.51. The van der Waals surface area contributed by atoms with Gasteiger partial charge in [-0.05, 0) is 31.2 Å². The third-order valence-electron chi connectivity index (χ3n) is 4.49. The zero-order chi connectivity index (χ0) is 20.3. The van der Waals surface area contributed by atoms with E-state index in [1.54, 1.807) is 6.26 Å². The van der Waals surface area contributed by atoms with Gasteiger partial charge in [-0.3, -0.25) is 4.57 Å². The quantitative estimate of drug-likeness (QED) is 0.353. The first kappa shape index (κ1) is 18.4. The number of furan rings is 1. The standard InChI is InChI=1S/C22H17N5O2S/c1-15-9-11-16(12-10-15)20-23-19(29-26-20)14-30-22-25-24-21(18-8-5-13-28-18)27(22)17-6-3-2-4-7-17/h2-13H,14H2,1H3. The summed E-state index contributed by atoms with van der Waals surface area (Å²) in [5.41, 5.74) is 3.06. The lowest BCUT2D eigenvalue weighted by atomic mass is 10.1. The topological polar surface area (TPSA) is 82.8 Å². The summed E-state index contributed by atoms with van der Waals surface area (Å²) in [6.07, 6.45) is 1.62. The second-order valence-electron chi connectivity index (χ2n) is 6.62. The molecule has 8 heteroatoms. The predicted molar refractivity (Wildman–Crippen MR) is 113 cm³/mol.